The fourth-order valence-electron chi connectivity index (χ4n) is 3.36. The van der Waals surface area contributed by atoms with Crippen LogP contribution in [-0.2, 0) is 0 Å². The highest BCUT2D eigenvalue weighted by Gasteiger charge is 2.20. The minimum atomic E-state index is 0.510. The molecule has 0 saturated carbocycles. The topological polar surface area (TPSA) is 12.0 Å². The van der Waals surface area contributed by atoms with Crippen LogP contribution in [0.15, 0.2) is 54.6 Å². The van der Waals surface area contributed by atoms with E-state index in [4.69, 9.17) is 0 Å². The van der Waals surface area contributed by atoms with Gasteiger partial charge in [-0.15, -0.1) is 0 Å². The Labute approximate surface area is 113 Å². The third-order valence-corrected chi connectivity index (χ3v) is 4.22. The predicted octanol–water partition coefficient (Wildman–Crippen LogP) is 4.42. The maximum atomic E-state index is 3.66. The van der Waals surface area contributed by atoms with Gasteiger partial charge in [0.2, 0.25) is 0 Å². The molecule has 4 rings (SSSR count). The summed E-state index contributed by atoms with van der Waals surface area (Å²) in [5.41, 5.74) is 1.49. The van der Waals surface area contributed by atoms with Crippen LogP contribution in [0.5, 0.6) is 0 Å². The molecule has 1 nitrogen and oxygen atoms in total. The van der Waals surface area contributed by atoms with E-state index in [-0.39, 0.29) is 0 Å². The molecule has 0 aliphatic carbocycles. The van der Waals surface area contributed by atoms with Crippen LogP contribution in [0.2, 0.25) is 0 Å². The maximum absolute atomic E-state index is 3.66. The van der Waals surface area contributed by atoms with Gasteiger partial charge < -0.3 is 5.32 Å². The molecule has 3 aromatic rings. The van der Waals surface area contributed by atoms with Crippen LogP contribution in [0.25, 0.3) is 21.5 Å². The van der Waals surface area contributed by atoms with Crippen molar-refractivity contribution in [3.63, 3.8) is 0 Å². The summed E-state index contributed by atoms with van der Waals surface area (Å²) in [6, 6.07) is 20.3. The van der Waals surface area contributed by atoms with Crippen molar-refractivity contribution in [3.05, 3.63) is 60.2 Å². The van der Waals surface area contributed by atoms with Crippen LogP contribution in [0, 0.1) is 0 Å². The zero-order valence-corrected chi connectivity index (χ0v) is 10.9. The van der Waals surface area contributed by atoms with E-state index in [1.807, 2.05) is 0 Å². The van der Waals surface area contributed by atoms with Crippen molar-refractivity contribution in [2.75, 3.05) is 6.54 Å². The third kappa shape index (κ3) is 1.73. The van der Waals surface area contributed by atoms with E-state index in [0.29, 0.717) is 6.04 Å². The van der Waals surface area contributed by atoms with Crippen LogP contribution in [-0.4, -0.2) is 6.54 Å². The molecule has 19 heavy (non-hydrogen) atoms. The van der Waals surface area contributed by atoms with Gasteiger partial charge in [-0.05, 0) is 52.6 Å². The van der Waals surface area contributed by atoms with E-state index in [0.717, 1.165) is 6.54 Å². The van der Waals surface area contributed by atoms with Gasteiger partial charge in [0.25, 0.3) is 0 Å². The SMILES string of the molecule is c1ccc2c([C@H]3CCCN3)c3ccccc3cc2c1. The lowest BCUT2D eigenvalue weighted by Crippen LogP contribution is -2.13. The quantitative estimate of drug-likeness (QED) is 0.628. The molecule has 1 heterocycles. The Morgan fingerprint density at radius 2 is 1.47 bits per heavy atom. The van der Waals surface area contributed by atoms with Gasteiger partial charge in [0, 0.05) is 6.04 Å². The second-order valence-corrected chi connectivity index (χ2v) is 5.38. The van der Waals surface area contributed by atoms with E-state index in [9.17, 15) is 0 Å². The Balaban J connectivity index is 2.13. The van der Waals surface area contributed by atoms with Crippen LogP contribution in [0.1, 0.15) is 24.4 Å². The molecule has 1 fully saturated rings. The molecule has 94 valence electrons. The van der Waals surface area contributed by atoms with Crippen molar-refractivity contribution in [1.82, 2.24) is 5.32 Å². The minimum absolute atomic E-state index is 0.510. The standard InChI is InChI=1S/C18H17N/c1-3-8-15-13(6-1)12-14-7-2-4-9-16(14)18(15)17-10-5-11-19-17/h1-4,6-9,12,17,19H,5,10-11H2/t17-/m1/s1. The summed E-state index contributed by atoms with van der Waals surface area (Å²) in [4.78, 5) is 0. The molecule has 1 aliphatic rings. The predicted molar refractivity (Wildman–Crippen MR) is 81.4 cm³/mol. The van der Waals surface area contributed by atoms with Crippen molar-refractivity contribution in [2.24, 2.45) is 0 Å². The van der Waals surface area contributed by atoms with Crippen molar-refractivity contribution in [1.29, 1.82) is 0 Å². The number of benzene rings is 3. The normalized spacial score (nSPS) is 19.3. The Kier molecular flexibility index (Phi) is 2.52. The summed E-state index contributed by atoms with van der Waals surface area (Å²) in [6.07, 6.45) is 2.53. The van der Waals surface area contributed by atoms with Crippen molar-refractivity contribution >= 4 is 21.5 Å². The fraction of sp³-hybridized carbons (Fsp3) is 0.222. The van der Waals surface area contributed by atoms with Crippen molar-refractivity contribution < 1.29 is 0 Å². The Bertz CT molecular complexity index is 685. The molecule has 0 amide bonds. The zero-order valence-electron chi connectivity index (χ0n) is 10.9. The highest BCUT2D eigenvalue weighted by molar-refractivity contribution is 6.02. The zero-order chi connectivity index (χ0) is 12.7. The number of rotatable bonds is 1. The second kappa shape index (κ2) is 4.36. The molecule has 1 atom stereocenters. The summed E-state index contributed by atoms with van der Waals surface area (Å²) >= 11 is 0. The lowest BCUT2D eigenvalue weighted by Gasteiger charge is -2.17. The molecule has 0 radical (unpaired) electrons. The fourth-order valence-corrected chi connectivity index (χ4v) is 3.36. The number of hydrogen-bond acceptors (Lipinski definition) is 1. The smallest absolute Gasteiger partial charge is 0.0333 e. The van der Waals surface area contributed by atoms with Crippen molar-refractivity contribution in [2.45, 2.75) is 18.9 Å². The van der Waals surface area contributed by atoms with E-state index in [2.05, 4.69) is 59.9 Å². The monoisotopic (exact) mass is 247 g/mol. The molecule has 3 aromatic carbocycles. The van der Waals surface area contributed by atoms with Gasteiger partial charge in [-0.25, -0.2) is 0 Å². The molecule has 1 heteroatoms. The lowest BCUT2D eigenvalue weighted by molar-refractivity contribution is 0.657. The number of nitrogens with one attached hydrogen (secondary N) is 1. The van der Waals surface area contributed by atoms with E-state index in [1.54, 1.807) is 0 Å². The largest absolute Gasteiger partial charge is 0.310 e. The summed E-state index contributed by atoms with van der Waals surface area (Å²) in [5.74, 6) is 0. The van der Waals surface area contributed by atoms with Crippen LogP contribution < -0.4 is 5.32 Å². The summed E-state index contributed by atoms with van der Waals surface area (Å²) in [5, 5.41) is 9.17. The maximum Gasteiger partial charge on any atom is 0.0333 e. The molecule has 0 unspecified atom stereocenters. The molecular formula is C18H17N. The Morgan fingerprint density at radius 1 is 0.842 bits per heavy atom. The summed E-state index contributed by atoms with van der Waals surface area (Å²) < 4.78 is 0. The molecule has 1 aliphatic heterocycles. The number of fused-ring (bicyclic) bond motifs is 2. The van der Waals surface area contributed by atoms with E-state index < -0.39 is 0 Å². The third-order valence-electron chi connectivity index (χ3n) is 4.22. The van der Waals surface area contributed by atoms with E-state index >= 15 is 0 Å². The van der Waals surface area contributed by atoms with Crippen molar-refractivity contribution in [3.8, 4) is 0 Å². The van der Waals surface area contributed by atoms with Gasteiger partial charge in [-0.1, -0.05) is 48.5 Å². The molecular weight excluding hydrogens is 230 g/mol. The van der Waals surface area contributed by atoms with Gasteiger partial charge in [-0.2, -0.15) is 0 Å². The van der Waals surface area contributed by atoms with Gasteiger partial charge in [-0.3, -0.25) is 0 Å². The highest BCUT2D eigenvalue weighted by atomic mass is 14.9. The first-order valence-electron chi connectivity index (χ1n) is 7.07. The van der Waals surface area contributed by atoms with Crippen LogP contribution in [0.4, 0.5) is 0 Å². The molecule has 1 saturated heterocycles. The first-order valence-corrected chi connectivity index (χ1v) is 7.07. The molecule has 0 spiro atoms. The first-order chi connectivity index (χ1) is 9.43. The molecule has 0 aromatic heterocycles. The first kappa shape index (κ1) is 11.0. The number of hydrogen-bond donors (Lipinski definition) is 1. The van der Waals surface area contributed by atoms with Gasteiger partial charge in [0.05, 0.1) is 0 Å². The average Bonchev–Trinajstić information content (AvgIpc) is 2.98. The van der Waals surface area contributed by atoms with Gasteiger partial charge >= 0.3 is 0 Å². The highest BCUT2D eigenvalue weighted by Crippen LogP contribution is 2.36. The van der Waals surface area contributed by atoms with E-state index in [1.165, 1.54) is 39.9 Å². The minimum Gasteiger partial charge on any atom is -0.310 e. The lowest BCUT2D eigenvalue weighted by atomic mass is 9.91. The van der Waals surface area contributed by atoms with Gasteiger partial charge in [0.1, 0.15) is 0 Å². The van der Waals surface area contributed by atoms with Crippen LogP contribution >= 0.6 is 0 Å². The summed E-state index contributed by atoms with van der Waals surface area (Å²) in [6.45, 7) is 1.14. The van der Waals surface area contributed by atoms with Gasteiger partial charge in [0.15, 0.2) is 0 Å². The second-order valence-electron chi connectivity index (χ2n) is 5.38. The Hall–Kier alpha value is -1.86. The van der Waals surface area contributed by atoms with Crippen LogP contribution in [0.3, 0.4) is 0 Å². The Morgan fingerprint density at radius 3 is 2.05 bits per heavy atom. The average molecular weight is 247 g/mol. The molecule has 1 N–H and O–H groups in total. The summed E-state index contributed by atoms with van der Waals surface area (Å²) in [7, 11) is 0. The molecule has 0 bridgehead atoms.